The number of halogens is 2. The van der Waals surface area contributed by atoms with Gasteiger partial charge in [-0.2, -0.15) is 0 Å². The number of fused-ring (bicyclic) bond motifs is 1. The van der Waals surface area contributed by atoms with E-state index in [1.165, 1.54) is 5.56 Å². The molecular formula is C21H20BrClN4. The second-order valence-electron chi connectivity index (χ2n) is 6.75. The average Bonchev–Trinajstić information content (AvgIpc) is 2.66. The Labute approximate surface area is 172 Å². The van der Waals surface area contributed by atoms with Crippen LogP contribution in [0.25, 0.3) is 0 Å². The standard InChI is InChI=1S/C21H20BrClN4/c1-14-17(22)8-5-9-18(14)24-20-16-10-11-27(12-15-6-3-2-4-7-15)13-19(16)25-21(23)26-20/h2-9H,10-13H2,1H3,(H,24,25,26). The molecule has 4 rings (SSSR count). The van der Waals surface area contributed by atoms with E-state index < -0.39 is 0 Å². The second-order valence-corrected chi connectivity index (χ2v) is 7.94. The number of hydrogen-bond donors (Lipinski definition) is 1. The Bertz CT molecular complexity index is 962. The van der Waals surface area contributed by atoms with Crippen molar-refractivity contribution in [1.82, 2.24) is 14.9 Å². The summed E-state index contributed by atoms with van der Waals surface area (Å²) in [7, 11) is 0. The average molecular weight is 444 g/mol. The smallest absolute Gasteiger partial charge is 0.224 e. The fourth-order valence-electron chi connectivity index (χ4n) is 3.40. The van der Waals surface area contributed by atoms with Gasteiger partial charge < -0.3 is 5.32 Å². The van der Waals surface area contributed by atoms with Crippen LogP contribution in [0.15, 0.2) is 53.0 Å². The fourth-order valence-corrected chi connectivity index (χ4v) is 3.96. The van der Waals surface area contributed by atoms with E-state index in [4.69, 9.17) is 11.6 Å². The summed E-state index contributed by atoms with van der Waals surface area (Å²) in [4.78, 5) is 11.4. The van der Waals surface area contributed by atoms with E-state index in [1.807, 2.05) is 24.3 Å². The first kappa shape index (κ1) is 18.4. The van der Waals surface area contributed by atoms with E-state index in [0.717, 1.165) is 58.9 Å². The molecule has 0 spiro atoms. The molecule has 1 aromatic heterocycles. The number of rotatable bonds is 4. The number of anilines is 2. The Hall–Kier alpha value is -1.95. The van der Waals surface area contributed by atoms with Gasteiger partial charge in [-0.3, -0.25) is 4.90 Å². The van der Waals surface area contributed by atoms with Crippen LogP contribution < -0.4 is 5.32 Å². The maximum absolute atomic E-state index is 6.24. The molecule has 3 aromatic rings. The van der Waals surface area contributed by atoms with Crippen LogP contribution >= 0.6 is 27.5 Å². The summed E-state index contributed by atoms with van der Waals surface area (Å²) >= 11 is 9.82. The minimum atomic E-state index is 0.283. The lowest BCUT2D eigenvalue weighted by molar-refractivity contribution is 0.241. The molecule has 0 amide bonds. The molecule has 0 bridgehead atoms. The molecule has 2 aromatic carbocycles. The summed E-state index contributed by atoms with van der Waals surface area (Å²) in [6.45, 7) is 4.73. The molecule has 6 heteroatoms. The molecule has 1 N–H and O–H groups in total. The number of nitrogens with zero attached hydrogens (tertiary/aromatic N) is 3. The van der Waals surface area contributed by atoms with Crippen LogP contribution in [0.1, 0.15) is 22.4 Å². The lowest BCUT2D eigenvalue weighted by atomic mass is 10.0. The lowest BCUT2D eigenvalue weighted by Gasteiger charge is -2.29. The highest BCUT2D eigenvalue weighted by molar-refractivity contribution is 9.10. The maximum Gasteiger partial charge on any atom is 0.224 e. The zero-order valence-electron chi connectivity index (χ0n) is 15.0. The SMILES string of the molecule is Cc1c(Br)cccc1Nc1nc(Cl)nc2c1CCN(Cc1ccccc1)C2. The van der Waals surface area contributed by atoms with Crippen molar-refractivity contribution < 1.29 is 0 Å². The van der Waals surface area contributed by atoms with E-state index in [1.54, 1.807) is 0 Å². The topological polar surface area (TPSA) is 41.1 Å². The van der Waals surface area contributed by atoms with Gasteiger partial charge in [0.25, 0.3) is 0 Å². The zero-order chi connectivity index (χ0) is 18.8. The van der Waals surface area contributed by atoms with Crippen molar-refractivity contribution in [3.05, 3.63) is 80.7 Å². The Morgan fingerprint density at radius 1 is 1.11 bits per heavy atom. The Morgan fingerprint density at radius 2 is 1.93 bits per heavy atom. The second kappa shape index (κ2) is 7.97. The van der Waals surface area contributed by atoms with Gasteiger partial charge in [0, 0.05) is 35.4 Å². The summed E-state index contributed by atoms with van der Waals surface area (Å²) < 4.78 is 1.07. The highest BCUT2D eigenvalue weighted by Gasteiger charge is 2.22. The van der Waals surface area contributed by atoms with Gasteiger partial charge in [0.15, 0.2) is 0 Å². The first-order valence-electron chi connectivity index (χ1n) is 8.94. The minimum Gasteiger partial charge on any atom is -0.340 e. The number of benzene rings is 2. The lowest BCUT2D eigenvalue weighted by Crippen LogP contribution is -2.31. The fraction of sp³-hybridized carbons (Fsp3) is 0.238. The van der Waals surface area contributed by atoms with Crippen LogP contribution in [0, 0.1) is 6.92 Å². The molecule has 0 unspecified atom stereocenters. The van der Waals surface area contributed by atoms with Gasteiger partial charge in [-0.1, -0.05) is 52.3 Å². The largest absolute Gasteiger partial charge is 0.340 e. The Morgan fingerprint density at radius 3 is 2.74 bits per heavy atom. The first-order valence-corrected chi connectivity index (χ1v) is 10.1. The molecule has 0 saturated carbocycles. The molecule has 0 saturated heterocycles. The van der Waals surface area contributed by atoms with Gasteiger partial charge in [-0.15, -0.1) is 0 Å². The maximum atomic E-state index is 6.24. The predicted molar refractivity (Wildman–Crippen MR) is 113 cm³/mol. The van der Waals surface area contributed by atoms with Crippen molar-refractivity contribution in [3.8, 4) is 0 Å². The number of hydrogen-bond acceptors (Lipinski definition) is 4. The molecular weight excluding hydrogens is 424 g/mol. The van der Waals surface area contributed by atoms with E-state index in [-0.39, 0.29) is 5.28 Å². The molecule has 0 atom stereocenters. The first-order chi connectivity index (χ1) is 13.1. The van der Waals surface area contributed by atoms with Crippen molar-refractivity contribution in [2.75, 3.05) is 11.9 Å². The quantitative estimate of drug-likeness (QED) is 0.540. The monoisotopic (exact) mass is 442 g/mol. The molecule has 138 valence electrons. The Balaban J connectivity index is 1.59. The van der Waals surface area contributed by atoms with Gasteiger partial charge >= 0.3 is 0 Å². The van der Waals surface area contributed by atoms with Crippen molar-refractivity contribution in [2.45, 2.75) is 26.4 Å². The van der Waals surface area contributed by atoms with E-state index in [2.05, 4.69) is 67.3 Å². The molecule has 0 aliphatic carbocycles. The van der Waals surface area contributed by atoms with Gasteiger partial charge in [-0.05, 0) is 48.2 Å². The van der Waals surface area contributed by atoms with E-state index >= 15 is 0 Å². The highest BCUT2D eigenvalue weighted by atomic mass is 79.9. The summed E-state index contributed by atoms with van der Waals surface area (Å²) in [6, 6.07) is 16.6. The van der Waals surface area contributed by atoms with Crippen molar-refractivity contribution in [3.63, 3.8) is 0 Å². The Kier molecular flexibility index (Phi) is 5.43. The molecule has 27 heavy (non-hydrogen) atoms. The van der Waals surface area contributed by atoms with Crippen LogP contribution in [0.3, 0.4) is 0 Å². The van der Waals surface area contributed by atoms with Crippen molar-refractivity contribution in [1.29, 1.82) is 0 Å². The minimum absolute atomic E-state index is 0.283. The van der Waals surface area contributed by atoms with Crippen molar-refractivity contribution >= 4 is 39.0 Å². The van der Waals surface area contributed by atoms with Gasteiger partial charge in [0.05, 0.1) is 5.69 Å². The molecule has 1 aliphatic heterocycles. The molecule has 1 aliphatic rings. The van der Waals surface area contributed by atoms with E-state index in [0.29, 0.717) is 0 Å². The summed E-state index contributed by atoms with van der Waals surface area (Å²) in [6.07, 6.45) is 0.898. The van der Waals surface area contributed by atoms with Crippen LogP contribution in [-0.2, 0) is 19.5 Å². The third kappa shape index (κ3) is 4.15. The highest BCUT2D eigenvalue weighted by Crippen LogP contribution is 2.31. The van der Waals surface area contributed by atoms with E-state index in [9.17, 15) is 0 Å². The normalized spacial score (nSPS) is 14.0. The van der Waals surface area contributed by atoms with Crippen LogP contribution in [0.4, 0.5) is 11.5 Å². The molecule has 4 nitrogen and oxygen atoms in total. The van der Waals surface area contributed by atoms with Crippen LogP contribution in [0.5, 0.6) is 0 Å². The summed E-state index contributed by atoms with van der Waals surface area (Å²) in [5.74, 6) is 0.811. The third-order valence-electron chi connectivity index (χ3n) is 4.89. The molecule has 0 fully saturated rings. The predicted octanol–water partition coefficient (Wildman–Crippen LogP) is 5.50. The number of nitrogens with one attached hydrogen (secondary N) is 1. The number of aromatic nitrogens is 2. The van der Waals surface area contributed by atoms with Gasteiger partial charge in [0.2, 0.25) is 5.28 Å². The molecule has 2 heterocycles. The van der Waals surface area contributed by atoms with Crippen molar-refractivity contribution in [2.24, 2.45) is 0 Å². The summed E-state index contributed by atoms with van der Waals surface area (Å²) in [5.41, 5.74) is 5.63. The zero-order valence-corrected chi connectivity index (χ0v) is 17.4. The molecule has 0 radical (unpaired) electrons. The third-order valence-corrected chi connectivity index (χ3v) is 5.91. The van der Waals surface area contributed by atoms with Gasteiger partial charge in [0.1, 0.15) is 5.82 Å². The van der Waals surface area contributed by atoms with Gasteiger partial charge in [-0.25, -0.2) is 9.97 Å². The van der Waals surface area contributed by atoms with Crippen LogP contribution in [-0.4, -0.2) is 21.4 Å². The van der Waals surface area contributed by atoms with Crippen LogP contribution in [0.2, 0.25) is 5.28 Å². The summed E-state index contributed by atoms with van der Waals surface area (Å²) in [5, 5.41) is 3.75.